The molecule has 0 unspecified atom stereocenters. The van der Waals surface area contributed by atoms with Crippen LogP contribution in [0.2, 0.25) is 18.1 Å². The van der Waals surface area contributed by atoms with E-state index in [-0.39, 0.29) is 43.5 Å². The maximum absolute atomic E-state index is 12.3. The number of aliphatic hydroxyl groups excluding tert-OH is 1. The Balaban J connectivity index is 0.000000494. The molecule has 2 aromatic heterocycles. The summed E-state index contributed by atoms with van der Waals surface area (Å²) < 4.78 is 2.92. The smallest absolute Gasteiger partial charge is 0.162 e. The molecule has 1 radical (unpaired) electrons. The molecule has 58 heavy (non-hydrogen) atoms. The molecule has 0 bridgehead atoms. The average molecular weight is 1000 g/mol. The van der Waals surface area contributed by atoms with Crippen molar-refractivity contribution >= 4 is 50.7 Å². The standard InChI is InChI=1S/C34H47N2SSi.C17H32O2.Ir/c1-20(2)16-38(17-21(3)4,18-22(5)6)34-26(11)31-33(37-34)32(36-19-35-31)28-14-27-12-24(9)25(10)13-30(27)29(15-28)23(7)8;1-10(2)16(11(3)4)14(18)9-15(19)17(12(5)6)13(7)8;/h12-13,15,19-23H,16-18H2,1-11H3;9-13,16-18H,1-8H3;/q-1;;/b;14-9-;. The molecule has 4 rings (SSSR count). The summed E-state index contributed by atoms with van der Waals surface area (Å²) in [5.74, 6) is 4.15. The number of aryl methyl sites for hydroxylation is 3. The molecule has 4 aromatic rings. The third kappa shape index (κ3) is 12.7. The van der Waals surface area contributed by atoms with Gasteiger partial charge in [-0.2, -0.15) is 0 Å². The zero-order valence-corrected chi connectivity index (χ0v) is 44.0. The summed E-state index contributed by atoms with van der Waals surface area (Å²) in [6.45, 7) is 42.4. The van der Waals surface area contributed by atoms with Gasteiger partial charge in [0.1, 0.15) is 14.4 Å². The number of hydrogen-bond donors (Lipinski definition) is 1. The normalized spacial score (nSPS) is 12.9. The fourth-order valence-electron chi connectivity index (χ4n) is 9.99. The molecule has 0 spiro atoms. The summed E-state index contributed by atoms with van der Waals surface area (Å²) in [5.41, 5.74) is 8.76. The Labute approximate surface area is 373 Å². The Morgan fingerprint density at radius 2 is 1.21 bits per heavy atom. The third-order valence-corrected chi connectivity index (χ3v) is 20.6. The summed E-state index contributed by atoms with van der Waals surface area (Å²) in [6, 6.07) is 14.8. The van der Waals surface area contributed by atoms with Gasteiger partial charge in [-0.15, -0.1) is 40.5 Å². The van der Waals surface area contributed by atoms with E-state index in [1.807, 2.05) is 11.3 Å². The van der Waals surface area contributed by atoms with E-state index in [0.29, 0.717) is 47.3 Å². The molecule has 0 saturated carbocycles. The summed E-state index contributed by atoms with van der Waals surface area (Å²) in [4.78, 5) is 22.2. The molecule has 0 atom stereocenters. The van der Waals surface area contributed by atoms with Gasteiger partial charge in [-0.25, -0.2) is 4.98 Å². The summed E-state index contributed by atoms with van der Waals surface area (Å²) in [6.07, 6.45) is 3.26. The van der Waals surface area contributed by atoms with Crippen molar-refractivity contribution < 1.29 is 30.0 Å². The van der Waals surface area contributed by atoms with Crippen molar-refractivity contribution in [2.75, 3.05) is 0 Å². The van der Waals surface area contributed by atoms with Crippen LogP contribution in [0.4, 0.5) is 0 Å². The van der Waals surface area contributed by atoms with Gasteiger partial charge >= 0.3 is 0 Å². The number of carbonyl (C=O) groups is 1. The Kier molecular flexibility index (Phi) is 19.8. The number of rotatable bonds is 16. The first kappa shape index (κ1) is 52.0. The van der Waals surface area contributed by atoms with Gasteiger partial charge in [0.15, 0.2) is 5.78 Å². The summed E-state index contributed by atoms with van der Waals surface area (Å²) in [5, 5.41) is 12.8. The Hall–Kier alpha value is -2.18. The first-order chi connectivity index (χ1) is 26.4. The van der Waals surface area contributed by atoms with Gasteiger partial charge in [0, 0.05) is 48.4 Å². The van der Waals surface area contributed by atoms with Crippen LogP contribution in [-0.4, -0.2) is 28.9 Å². The summed E-state index contributed by atoms with van der Waals surface area (Å²) >= 11 is 2.02. The van der Waals surface area contributed by atoms with Gasteiger partial charge < -0.3 is 5.11 Å². The average Bonchev–Trinajstić information content (AvgIpc) is 3.40. The van der Waals surface area contributed by atoms with Crippen LogP contribution < -0.4 is 4.50 Å². The van der Waals surface area contributed by atoms with Crippen LogP contribution in [0.1, 0.15) is 139 Å². The second kappa shape index (κ2) is 22.1. The molecule has 1 N–H and O–H groups in total. The van der Waals surface area contributed by atoms with Crippen LogP contribution in [0.25, 0.3) is 32.2 Å². The number of fused-ring (bicyclic) bond motifs is 2. The van der Waals surface area contributed by atoms with Crippen molar-refractivity contribution in [3.05, 3.63) is 64.7 Å². The zero-order chi connectivity index (χ0) is 43.3. The van der Waals surface area contributed by atoms with Gasteiger partial charge in [0.25, 0.3) is 0 Å². The molecule has 7 heteroatoms. The number of aliphatic hydroxyl groups is 1. The quantitative estimate of drug-likeness (QED) is 0.0526. The number of benzene rings is 2. The van der Waals surface area contributed by atoms with Crippen LogP contribution in [-0.2, 0) is 24.9 Å². The Morgan fingerprint density at radius 1 is 0.724 bits per heavy atom. The minimum Gasteiger partial charge on any atom is -0.512 e. The number of thiophene rings is 1. The van der Waals surface area contributed by atoms with Gasteiger partial charge in [-0.3, -0.25) is 9.78 Å². The van der Waals surface area contributed by atoms with E-state index in [9.17, 15) is 9.90 Å². The van der Waals surface area contributed by atoms with E-state index in [1.165, 1.54) is 61.9 Å². The fourth-order valence-corrected chi connectivity index (χ4v) is 19.6. The van der Waals surface area contributed by atoms with E-state index >= 15 is 0 Å². The monoisotopic (exact) mass is 1000 g/mol. The molecular weight excluding hydrogens is 925 g/mol. The molecule has 2 aromatic carbocycles. The predicted octanol–water partition coefficient (Wildman–Crippen LogP) is 14.8. The van der Waals surface area contributed by atoms with Crippen molar-refractivity contribution in [1.82, 2.24) is 9.97 Å². The minimum absolute atomic E-state index is 0. The SMILES string of the molecule is CC(C)C(C(=O)/C=C(\O)C(C(C)C)C(C)C)C(C)C.Cc1cc2[c-]c(-c3ncnc4c(C)c([Si](CC(C)C)(CC(C)C)CC(C)C)sc34)cc(C(C)C)c2cc1C.[Ir]. The van der Waals surface area contributed by atoms with Crippen molar-refractivity contribution in [2.45, 2.75) is 156 Å². The molecular formula is C51H79IrN2O2SSi-. The van der Waals surface area contributed by atoms with Crippen LogP contribution in [0.3, 0.4) is 0 Å². The number of aromatic nitrogens is 2. The van der Waals surface area contributed by atoms with Gasteiger partial charge in [-0.05, 0) is 78.2 Å². The number of nitrogens with zero attached hydrogens (tertiary/aromatic N) is 2. The topological polar surface area (TPSA) is 63.1 Å². The number of carbonyl (C=O) groups excluding carboxylic acids is 1. The van der Waals surface area contributed by atoms with Crippen molar-refractivity contribution in [3.63, 3.8) is 0 Å². The summed E-state index contributed by atoms with van der Waals surface area (Å²) in [7, 11) is -1.76. The van der Waals surface area contributed by atoms with Crippen LogP contribution in [0, 0.1) is 80.1 Å². The predicted molar refractivity (Wildman–Crippen MR) is 254 cm³/mol. The molecule has 0 aliphatic carbocycles. The molecule has 2 heterocycles. The first-order valence-corrected chi connectivity index (χ1v) is 25.5. The van der Waals surface area contributed by atoms with Gasteiger partial charge in [0.2, 0.25) is 0 Å². The number of hydrogen-bond acceptors (Lipinski definition) is 5. The molecule has 4 nitrogen and oxygen atoms in total. The van der Waals surface area contributed by atoms with Crippen LogP contribution >= 0.6 is 11.3 Å². The second-order valence-corrected chi connectivity index (χ2v) is 26.0. The largest absolute Gasteiger partial charge is 0.512 e. The van der Waals surface area contributed by atoms with E-state index in [1.54, 1.807) is 10.8 Å². The molecule has 0 amide bonds. The van der Waals surface area contributed by atoms with E-state index in [0.717, 1.165) is 16.8 Å². The fraction of sp³-hybridized carbons (Fsp3) is 0.627. The number of ketones is 1. The van der Waals surface area contributed by atoms with Crippen LogP contribution in [0.5, 0.6) is 0 Å². The molecule has 0 aliphatic rings. The molecule has 0 saturated heterocycles. The van der Waals surface area contributed by atoms with Crippen LogP contribution in [0.15, 0.2) is 36.4 Å². The van der Waals surface area contributed by atoms with E-state index in [4.69, 9.17) is 9.97 Å². The van der Waals surface area contributed by atoms with Gasteiger partial charge in [0.05, 0.1) is 11.3 Å². The third-order valence-electron chi connectivity index (χ3n) is 11.8. The van der Waals surface area contributed by atoms with E-state index < -0.39 is 8.07 Å². The zero-order valence-electron chi connectivity index (χ0n) is 39.8. The Morgan fingerprint density at radius 3 is 1.66 bits per heavy atom. The maximum Gasteiger partial charge on any atom is 0.162 e. The molecule has 0 fully saturated rings. The Bertz CT molecular complexity index is 1940. The minimum atomic E-state index is -1.76. The molecule has 325 valence electrons. The maximum atomic E-state index is 12.3. The van der Waals surface area contributed by atoms with Gasteiger partial charge in [-0.1, -0.05) is 157 Å². The van der Waals surface area contributed by atoms with Crippen molar-refractivity contribution in [2.24, 2.45) is 53.3 Å². The van der Waals surface area contributed by atoms with Crippen molar-refractivity contribution in [3.8, 4) is 11.3 Å². The molecule has 0 aliphatic heterocycles. The first-order valence-electron chi connectivity index (χ1n) is 22.1. The van der Waals surface area contributed by atoms with E-state index in [2.05, 4.69) is 156 Å². The number of allylic oxidation sites excluding steroid dienone is 2. The second-order valence-electron chi connectivity index (χ2n) is 20.3. The van der Waals surface area contributed by atoms with Crippen molar-refractivity contribution in [1.29, 1.82) is 0 Å².